The van der Waals surface area contributed by atoms with Crippen molar-refractivity contribution in [3.63, 3.8) is 0 Å². The van der Waals surface area contributed by atoms with Crippen LogP contribution in [0.5, 0.6) is 0 Å². The topological polar surface area (TPSA) is 78.4 Å². The summed E-state index contributed by atoms with van der Waals surface area (Å²) in [7, 11) is 0. The molecule has 0 amide bonds. The molecule has 1 aromatic carbocycles. The molecule has 1 unspecified atom stereocenters. The van der Waals surface area contributed by atoms with Crippen molar-refractivity contribution >= 4 is 11.9 Å². The van der Waals surface area contributed by atoms with Gasteiger partial charge < -0.3 is 15.3 Å². The molecular weight excluding hydrogens is 340 g/mol. The van der Waals surface area contributed by atoms with Crippen molar-refractivity contribution < 1.29 is 9.90 Å². The van der Waals surface area contributed by atoms with E-state index in [0.717, 1.165) is 19.6 Å². The number of nitrogens with zero attached hydrogens (tertiary/aromatic N) is 3. The second kappa shape index (κ2) is 7.64. The zero-order chi connectivity index (χ0) is 18.8. The van der Waals surface area contributed by atoms with E-state index in [4.69, 9.17) is 5.11 Å². The number of aromatic carboxylic acids is 1. The van der Waals surface area contributed by atoms with Crippen molar-refractivity contribution in [1.82, 2.24) is 15.3 Å². The van der Waals surface area contributed by atoms with Crippen LogP contribution in [-0.2, 0) is 13.0 Å². The first-order chi connectivity index (χ1) is 13.2. The largest absolute Gasteiger partial charge is 0.478 e. The van der Waals surface area contributed by atoms with E-state index in [1.807, 2.05) is 0 Å². The van der Waals surface area contributed by atoms with Crippen LogP contribution in [0.1, 0.15) is 41.3 Å². The molecule has 1 aliphatic heterocycles. The fourth-order valence-corrected chi connectivity index (χ4v) is 4.03. The van der Waals surface area contributed by atoms with Crippen LogP contribution < -0.4 is 10.2 Å². The predicted octanol–water partition coefficient (Wildman–Crippen LogP) is 2.74. The Kier molecular flexibility index (Phi) is 5.07. The average Bonchev–Trinajstić information content (AvgIpc) is 3.14. The van der Waals surface area contributed by atoms with E-state index in [2.05, 4.69) is 51.4 Å². The Bertz CT molecular complexity index is 779. The number of aromatic nitrogens is 2. The number of nitrogens with one attached hydrogen (secondary N) is 1. The maximum atomic E-state index is 10.9. The summed E-state index contributed by atoms with van der Waals surface area (Å²) in [5.74, 6) is 0.912. The maximum Gasteiger partial charge on any atom is 0.338 e. The summed E-state index contributed by atoms with van der Waals surface area (Å²) in [4.78, 5) is 21.4. The van der Waals surface area contributed by atoms with Gasteiger partial charge in [-0.05, 0) is 35.8 Å². The van der Waals surface area contributed by atoms with E-state index in [1.165, 1.54) is 42.8 Å². The number of carboxylic acid groups (broad SMARTS) is 1. The Morgan fingerprint density at radius 1 is 1.15 bits per heavy atom. The molecule has 0 radical (unpaired) electrons. The molecule has 0 bridgehead atoms. The first-order valence-electron chi connectivity index (χ1n) is 9.77. The van der Waals surface area contributed by atoms with Crippen LogP contribution in [0.3, 0.4) is 0 Å². The van der Waals surface area contributed by atoms with Crippen molar-refractivity contribution in [1.29, 1.82) is 0 Å². The van der Waals surface area contributed by atoms with Gasteiger partial charge in [-0.15, -0.1) is 0 Å². The van der Waals surface area contributed by atoms with Crippen LogP contribution in [0, 0.1) is 11.8 Å². The summed E-state index contributed by atoms with van der Waals surface area (Å²) in [6, 6.07) is 9.54. The molecule has 6 heteroatoms. The fraction of sp³-hybridized carbons (Fsp3) is 0.476. The molecule has 1 aromatic heterocycles. The van der Waals surface area contributed by atoms with Crippen molar-refractivity contribution in [2.75, 3.05) is 18.0 Å². The highest BCUT2D eigenvalue weighted by atomic mass is 16.4. The second-order valence-electron chi connectivity index (χ2n) is 7.64. The molecule has 27 heavy (non-hydrogen) atoms. The molecule has 3 atom stereocenters. The van der Waals surface area contributed by atoms with Gasteiger partial charge in [-0.2, -0.15) is 0 Å². The lowest BCUT2D eigenvalue weighted by Gasteiger charge is -2.20. The van der Waals surface area contributed by atoms with Crippen LogP contribution in [0.25, 0.3) is 0 Å². The summed E-state index contributed by atoms with van der Waals surface area (Å²) >= 11 is 0. The first kappa shape index (κ1) is 17.9. The van der Waals surface area contributed by atoms with E-state index in [1.54, 1.807) is 0 Å². The SMILES string of the molecule is CCCCc1ccc(CNC2[C@H]3CN(c4ncc(C(=O)O)cn4)C[C@@H]23)cc1. The lowest BCUT2D eigenvalue weighted by atomic mass is 10.1. The normalized spacial score (nSPS) is 23.3. The average molecular weight is 366 g/mol. The highest BCUT2D eigenvalue weighted by Gasteiger charge is 2.55. The van der Waals surface area contributed by atoms with Crippen LogP contribution in [-0.4, -0.2) is 40.2 Å². The number of rotatable bonds is 8. The quantitative estimate of drug-likeness (QED) is 0.748. The summed E-state index contributed by atoms with van der Waals surface area (Å²) in [6.07, 6.45) is 6.42. The Morgan fingerprint density at radius 2 is 1.78 bits per heavy atom. The number of hydrogen-bond acceptors (Lipinski definition) is 5. The number of anilines is 1. The summed E-state index contributed by atoms with van der Waals surface area (Å²) in [5, 5.41) is 12.6. The van der Waals surface area contributed by atoms with E-state index in [-0.39, 0.29) is 5.56 Å². The minimum atomic E-state index is -0.992. The van der Waals surface area contributed by atoms with Crippen molar-refractivity contribution in [3.05, 3.63) is 53.3 Å². The first-order valence-corrected chi connectivity index (χ1v) is 9.77. The molecule has 2 fully saturated rings. The van der Waals surface area contributed by atoms with Crippen LogP contribution in [0.4, 0.5) is 5.95 Å². The van der Waals surface area contributed by atoms with Gasteiger partial charge in [0.1, 0.15) is 0 Å². The molecule has 2 aromatic rings. The fourth-order valence-electron chi connectivity index (χ4n) is 4.03. The lowest BCUT2D eigenvalue weighted by Crippen LogP contribution is -2.32. The monoisotopic (exact) mass is 366 g/mol. The Morgan fingerprint density at radius 3 is 2.37 bits per heavy atom. The lowest BCUT2D eigenvalue weighted by molar-refractivity contribution is 0.0696. The second-order valence-corrected chi connectivity index (χ2v) is 7.64. The van der Waals surface area contributed by atoms with Crippen LogP contribution in [0.15, 0.2) is 36.7 Å². The number of unbranched alkanes of at least 4 members (excludes halogenated alkanes) is 1. The van der Waals surface area contributed by atoms with E-state index in [9.17, 15) is 4.79 Å². The third kappa shape index (κ3) is 3.95. The molecular formula is C21H26N4O2. The molecule has 142 valence electrons. The molecule has 0 spiro atoms. The van der Waals surface area contributed by atoms with Gasteiger partial charge in [0.25, 0.3) is 0 Å². The third-order valence-corrected chi connectivity index (χ3v) is 5.75. The van der Waals surface area contributed by atoms with Gasteiger partial charge in [0.05, 0.1) is 5.56 Å². The maximum absolute atomic E-state index is 10.9. The Balaban J connectivity index is 1.24. The van der Waals surface area contributed by atoms with Gasteiger partial charge in [-0.1, -0.05) is 37.6 Å². The van der Waals surface area contributed by atoms with Crippen LogP contribution >= 0.6 is 0 Å². The molecule has 2 N–H and O–H groups in total. The van der Waals surface area contributed by atoms with E-state index < -0.39 is 5.97 Å². The van der Waals surface area contributed by atoms with Gasteiger partial charge >= 0.3 is 5.97 Å². The van der Waals surface area contributed by atoms with Gasteiger partial charge in [0.15, 0.2) is 0 Å². The third-order valence-electron chi connectivity index (χ3n) is 5.75. The summed E-state index contributed by atoms with van der Waals surface area (Å²) < 4.78 is 0. The summed E-state index contributed by atoms with van der Waals surface area (Å²) in [6.45, 7) is 5.01. The smallest absolute Gasteiger partial charge is 0.338 e. The van der Waals surface area contributed by atoms with Crippen molar-refractivity contribution in [2.45, 2.75) is 38.8 Å². The molecule has 4 rings (SSSR count). The number of piperidine rings is 1. The highest BCUT2D eigenvalue weighted by Crippen LogP contribution is 2.46. The Labute approximate surface area is 159 Å². The molecule has 2 aliphatic rings. The highest BCUT2D eigenvalue weighted by molar-refractivity contribution is 5.86. The molecule has 2 heterocycles. The van der Waals surface area contributed by atoms with E-state index in [0.29, 0.717) is 23.8 Å². The molecule has 1 aliphatic carbocycles. The standard InChI is InChI=1S/C21H26N4O2/c1-2-3-4-14-5-7-15(8-6-14)9-22-19-17-12-25(13-18(17)19)21-23-10-16(11-24-21)20(26)27/h5-8,10-11,17-19,22H,2-4,9,12-13H2,1H3,(H,26,27)/t17-,18+,19?. The van der Waals surface area contributed by atoms with Crippen molar-refractivity contribution in [3.8, 4) is 0 Å². The molecule has 6 nitrogen and oxygen atoms in total. The molecule has 1 saturated carbocycles. The van der Waals surface area contributed by atoms with Gasteiger partial charge in [-0.25, -0.2) is 14.8 Å². The number of benzene rings is 1. The number of fused-ring (bicyclic) bond motifs is 1. The number of hydrogen-bond donors (Lipinski definition) is 2. The summed E-state index contributed by atoms with van der Waals surface area (Å²) in [5.41, 5.74) is 2.89. The van der Waals surface area contributed by atoms with Gasteiger partial charge in [0, 0.05) is 38.1 Å². The number of carbonyl (C=O) groups is 1. The zero-order valence-corrected chi connectivity index (χ0v) is 15.6. The van der Waals surface area contributed by atoms with Gasteiger partial charge in [0.2, 0.25) is 5.95 Å². The minimum Gasteiger partial charge on any atom is -0.478 e. The number of carboxylic acids is 1. The minimum absolute atomic E-state index is 0.128. The number of aryl methyl sites for hydroxylation is 1. The predicted molar refractivity (Wildman–Crippen MR) is 104 cm³/mol. The van der Waals surface area contributed by atoms with E-state index >= 15 is 0 Å². The van der Waals surface area contributed by atoms with Gasteiger partial charge in [-0.3, -0.25) is 0 Å². The Hall–Kier alpha value is -2.47. The molecule has 1 saturated heterocycles. The van der Waals surface area contributed by atoms with Crippen molar-refractivity contribution in [2.24, 2.45) is 11.8 Å². The zero-order valence-electron chi connectivity index (χ0n) is 15.6. The van der Waals surface area contributed by atoms with Crippen LogP contribution in [0.2, 0.25) is 0 Å².